The first-order valence-electron chi connectivity index (χ1n) is 6.85. The standard InChI is InChI=1S/C13H24N2O2/c1-2-17-12-7-10(8-12)9-13(16)15(6-5-14)11-3-4-11/h10-12H,2-9,14H2,1H3. The van der Waals surface area contributed by atoms with Gasteiger partial charge in [0.2, 0.25) is 5.91 Å². The lowest BCUT2D eigenvalue weighted by molar-refractivity contribution is -0.135. The van der Waals surface area contributed by atoms with Crippen molar-refractivity contribution in [3.8, 4) is 0 Å². The highest BCUT2D eigenvalue weighted by molar-refractivity contribution is 5.77. The van der Waals surface area contributed by atoms with Crippen molar-refractivity contribution in [2.24, 2.45) is 11.7 Å². The fourth-order valence-electron chi connectivity index (χ4n) is 2.61. The second-order valence-electron chi connectivity index (χ2n) is 5.23. The Labute approximate surface area is 103 Å². The van der Waals surface area contributed by atoms with Crippen molar-refractivity contribution in [1.82, 2.24) is 4.90 Å². The van der Waals surface area contributed by atoms with Crippen LogP contribution in [0.1, 0.15) is 39.0 Å². The Morgan fingerprint density at radius 2 is 2.12 bits per heavy atom. The van der Waals surface area contributed by atoms with Crippen LogP contribution in [0.3, 0.4) is 0 Å². The van der Waals surface area contributed by atoms with Crippen molar-refractivity contribution in [3.05, 3.63) is 0 Å². The number of ether oxygens (including phenoxy) is 1. The van der Waals surface area contributed by atoms with Gasteiger partial charge in [0.25, 0.3) is 0 Å². The highest BCUT2D eigenvalue weighted by Crippen LogP contribution is 2.34. The van der Waals surface area contributed by atoms with Crippen molar-refractivity contribution in [1.29, 1.82) is 0 Å². The van der Waals surface area contributed by atoms with E-state index in [2.05, 4.69) is 0 Å². The summed E-state index contributed by atoms with van der Waals surface area (Å²) in [7, 11) is 0. The molecule has 0 spiro atoms. The smallest absolute Gasteiger partial charge is 0.223 e. The Morgan fingerprint density at radius 3 is 2.65 bits per heavy atom. The first kappa shape index (κ1) is 12.8. The summed E-state index contributed by atoms with van der Waals surface area (Å²) in [4.78, 5) is 14.1. The molecule has 0 aromatic carbocycles. The average molecular weight is 240 g/mol. The number of nitrogens with two attached hydrogens (primary N) is 1. The maximum atomic E-state index is 12.1. The maximum absolute atomic E-state index is 12.1. The van der Waals surface area contributed by atoms with Crippen LogP contribution in [-0.2, 0) is 9.53 Å². The molecule has 2 fully saturated rings. The molecule has 0 radical (unpaired) electrons. The van der Waals surface area contributed by atoms with Crippen LogP contribution in [0.2, 0.25) is 0 Å². The van der Waals surface area contributed by atoms with Crippen molar-refractivity contribution < 1.29 is 9.53 Å². The van der Waals surface area contributed by atoms with Crippen LogP contribution in [0.25, 0.3) is 0 Å². The molecule has 17 heavy (non-hydrogen) atoms. The zero-order valence-electron chi connectivity index (χ0n) is 10.7. The first-order valence-corrected chi connectivity index (χ1v) is 6.85. The predicted molar refractivity (Wildman–Crippen MR) is 66.5 cm³/mol. The van der Waals surface area contributed by atoms with Gasteiger partial charge in [-0.3, -0.25) is 4.79 Å². The van der Waals surface area contributed by atoms with Gasteiger partial charge in [-0.15, -0.1) is 0 Å². The van der Waals surface area contributed by atoms with Crippen molar-refractivity contribution in [2.45, 2.75) is 51.2 Å². The van der Waals surface area contributed by atoms with Gasteiger partial charge in [-0.1, -0.05) is 0 Å². The molecule has 0 aliphatic heterocycles. The number of rotatable bonds is 7. The van der Waals surface area contributed by atoms with E-state index < -0.39 is 0 Å². The van der Waals surface area contributed by atoms with E-state index in [9.17, 15) is 4.79 Å². The van der Waals surface area contributed by atoms with E-state index in [0.717, 1.165) is 38.8 Å². The third-order valence-electron chi connectivity index (χ3n) is 3.74. The zero-order chi connectivity index (χ0) is 12.3. The predicted octanol–water partition coefficient (Wildman–Crippen LogP) is 1.14. The Kier molecular flexibility index (Phi) is 4.40. The summed E-state index contributed by atoms with van der Waals surface area (Å²) in [5.41, 5.74) is 5.56. The monoisotopic (exact) mass is 240 g/mol. The van der Waals surface area contributed by atoms with Gasteiger partial charge in [-0.2, -0.15) is 0 Å². The van der Waals surface area contributed by atoms with E-state index >= 15 is 0 Å². The van der Waals surface area contributed by atoms with Gasteiger partial charge in [0.15, 0.2) is 0 Å². The van der Waals surface area contributed by atoms with Crippen molar-refractivity contribution in [2.75, 3.05) is 19.7 Å². The number of carbonyl (C=O) groups excluding carboxylic acids is 1. The summed E-state index contributed by atoms with van der Waals surface area (Å²) in [6.45, 7) is 4.11. The largest absolute Gasteiger partial charge is 0.378 e. The second-order valence-corrected chi connectivity index (χ2v) is 5.23. The molecular weight excluding hydrogens is 216 g/mol. The van der Waals surface area contributed by atoms with Crippen molar-refractivity contribution >= 4 is 5.91 Å². The van der Waals surface area contributed by atoms with E-state index in [1.54, 1.807) is 0 Å². The highest BCUT2D eigenvalue weighted by atomic mass is 16.5. The Morgan fingerprint density at radius 1 is 1.41 bits per heavy atom. The summed E-state index contributed by atoms with van der Waals surface area (Å²) in [5.74, 6) is 0.843. The molecule has 4 nitrogen and oxygen atoms in total. The average Bonchev–Trinajstić information content (AvgIpc) is 3.06. The fraction of sp³-hybridized carbons (Fsp3) is 0.923. The molecule has 2 N–H and O–H groups in total. The minimum atomic E-state index is 0.304. The van der Waals surface area contributed by atoms with Gasteiger partial charge < -0.3 is 15.4 Å². The molecule has 2 saturated carbocycles. The molecular formula is C13H24N2O2. The molecule has 0 aromatic rings. The van der Waals surface area contributed by atoms with Crippen LogP contribution in [-0.4, -0.2) is 42.6 Å². The number of amides is 1. The van der Waals surface area contributed by atoms with E-state index in [1.165, 1.54) is 0 Å². The van der Waals surface area contributed by atoms with Gasteiger partial charge in [-0.05, 0) is 38.5 Å². The Bertz CT molecular complexity index is 260. The number of nitrogens with zero attached hydrogens (tertiary/aromatic N) is 1. The van der Waals surface area contributed by atoms with Crippen LogP contribution < -0.4 is 5.73 Å². The third kappa shape index (κ3) is 3.42. The maximum Gasteiger partial charge on any atom is 0.223 e. The SMILES string of the molecule is CCOC1CC(CC(=O)N(CCN)C2CC2)C1. The summed E-state index contributed by atoms with van der Waals surface area (Å²) < 4.78 is 5.51. The van der Waals surface area contributed by atoms with Crippen LogP contribution in [0.5, 0.6) is 0 Å². The van der Waals surface area contributed by atoms with Gasteiger partial charge in [0.05, 0.1) is 6.10 Å². The summed E-state index contributed by atoms with van der Waals surface area (Å²) >= 11 is 0. The van der Waals surface area contributed by atoms with Crippen LogP contribution in [0.15, 0.2) is 0 Å². The Balaban J connectivity index is 1.69. The molecule has 4 heteroatoms. The van der Waals surface area contributed by atoms with E-state index in [1.807, 2.05) is 11.8 Å². The molecule has 0 unspecified atom stereocenters. The molecule has 0 aromatic heterocycles. The lowest BCUT2D eigenvalue weighted by atomic mass is 9.79. The van der Waals surface area contributed by atoms with E-state index in [-0.39, 0.29) is 0 Å². The lowest BCUT2D eigenvalue weighted by Gasteiger charge is -2.35. The first-order chi connectivity index (χ1) is 8.24. The molecule has 0 atom stereocenters. The van der Waals surface area contributed by atoms with Crippen LogP contribution in [0, 0.1) is 5.92 Å². The van der Waals surface area contributed by atoms with Crippen LogP contribution in [0.4, 0.5) is 0 Å². The minimum Gasteiger partial charge on any atom is -0.378 e. The van der Waals surface area contributed by atoms with Crippen LogP contribution >= 0.6 is 0 Å². The van der Waals surface area contributed by atoms with E-state index in [0.29, 0.717) is 36.9 Å². The summed E-state index contributed by atoms with van der Waals surface area (Å²) in [5, 5.41) is 0. The number of hydrogen-bond acceptors (Lipinski definition) is 3. The highest BCUT2D eigenvalue weighted by Gasteiger charge is 2.36. The quantitative estimate of drug-likeness (QED) is 0.726. The van der Waals surface area contributed by atoms with Gasteiger partial charge in [-0.25, -0.2) is 0 Å². The molecule has 2 aliphatic carbocycles. The van der Waals surface area contributed by atoms with Gasteiger partial charge >= 0.3 is 0 Å². The molecule has 2 rings (SSSR count). The molecule has 1 amide bonds. The normalized spacial score (nSPS) is 27.6. The number of carbonyl (C=O) groups is 1. The fourth-order valence-corrected chi connectivity index (χ4v) is 2.61. The number of hydrogen-bond donors (Lipinski definition) is 1. The van der Waals surface area contributed by atoms with Crippen molar-refractivity contribution in [3.63, 3.8) is 0 Å². The molecule has 98 valence electrons. The Hall–Kier alpha value is -0.610. The molecule has 0 saturated heterocycles. The van der Waals surface area contributed by atoms with Gasteiger partial charge in [0, 0.05) is 32.2 Å². The molecule has 2 aliphatic rings. The second kappa shape index (κ2) is 5.83. The minimum absolute atomic E-state index is 0.304. The lowest BCUT2D eigenvalue weighted by Crippen LogP contribution is -2.41. The third-order valence-corrected chi connectivity index (χ3v) is 3.74. The molecule has 0 bridgehead atoms. The molecule has 0 heterocycles. The summed E-state index contributed by atoms with van der Waals surface area (Å²) in [6, 6.07) is 0.494. The van der Waals surface area contributed by atoms with Gasteiger partial charge in [0.1, 0.15) is 0 Å². The summed E-state index contributed by atoms with van der Waals surface area (Å²) in [6.07, 6.45) is 5.54. The zero-order valence-corrected chi connectivity index (χ0v) is 10.7. The topological polar surface area (TPSA) is 55.6 Å². The van der Waals surface area contributed by atoms with E-state index in [4.69, 9.17) is 10.5 Å².